The Morgan fingerprint density at radius 1 is 0.404 bits per heavy atom. The first-order valence-corrected chi connectivity index (χ1v) is 16.0. The van der Waals surface area contributed by atoms with Crippen molar-refractivity contribution in [3.05, 3.63) is 170 Å². The first-order valence-electron chi connectivity index (χ1n) is 16.0. The smallest absolute Gasteiger partial charge is 0.159 e. The summed E-state index contributed by atoms with van der Waals surface area (Å²) in [4.78, 5) is 2.33. The number of anilines is 3. The molecule has 0 fully saturated rings. The number of hydrogen-bond acceptors (Lipinski definition) is 2. The fraction of sp³-hybridized carbons (Fsp3) is 0. The molecule has 0 bridgehead atoms. The molecule has 47 heavy (non-hydrogen) atoms. The van der Waals surface area contributed by atoms with Gasteiger partial charge < -0.3 is 13.9 Å². The van der Waals surface area contributed by atoms with Gasteiger partial charge in [-0.25, -0.2) is 0 Å². The van der Waals surface area contributed by atoms with Gasteiger partial charge in [-0.1, -0.05) is 121 Å². The van der Waals surface area contributed by atoms with Gasteiger partial charge in [-0.05, 0) is 59.3 Å². The molecule has 3 heteroatoms. The Kier molecular flexibility index (Phi) is 5.57. The topological polar surface area (TPSA) is 21.3 Å². The molecule has 0 saturated carbocycles. The van der Waals surface area contributed by atoms with Crippen LogP contribution in [0.3, 0.4) is 0 Å². The van der Waals surface area contributed by atoms with Crippen LogP contribution >= 0.6 is 0 Å². The molecule has 2 heterocycles. The van der Waals surface area contributed by atoms with E-state index in [9.17, 15) is 0 Å². The van der Waals surface area contributed by atoms with Crippen LogP contribution in [-0.2, 0) is 0 Å². The Balaban J connectivity index is 1.29. The minimum absolute atomic E-state index is 0.873. The summed E-state index contributed by atoms with van der Waals surface area (Å²) < 4.78 is 9.27. The van der Waals surface area contributed by atoms with Crippen LogP contribution in [0.2, 0.25) is 0 Å². The summed E-state index contributed by atoms with van der Waals surface area (Å²) in [6, 6.07) is 60.7. The van der Waals surface area contributed by atoms with E-state index in [0.717, 1.165) is 55.6 Å². The highest BCUT2D eigenvalue weighted by atomic mass is 16.3. The largest absolute Gasteiger partial charge is 0.453 e. The molecule has 0 aliphatic heterocycles. The summed E-state index contributed by atoms with van der Waals surface area (Å²) in [6.07, 6.45) is 0. The lowest BCUT2D eigenvalue weighted by Gasteiger charge is -2.25. The van der Waals surface area contributed by atoms with Gasteiger partial charge in [-0.3, -0.25) is 0 Å². The molecular weight excluding hydrogens is 572 g/mol. The fourth-order valence-electron chi connectivity index (χ4n) is 7.44. The number of benzene rings is 8. The van der Waals surface area contributed by atoms with Crippen molar-refractivity contribution in [3.8, 4) is 5.69 Å². The lowest BCUT2D eigenvalue weighted by Crippen LogP contribution is -2.10. The van der Waals surface area contributed by atoms with Gasteiger partial charge in [-0.15, -0.1) is 0 Å². The SMILES string of the molecule is c1ccc(N(c2ccc3c4ccc5ccccc5c4n(-c4ccccc4)c3c2)c2cccc3c2oc2c4ccccc4ccc32)cc1. The van der Waals surface area contributed by atoms with Gasteiger partial charge in [0.25, 0.3) is 0 Å². The van der Waals surface area contributed by atoms with E-state index in [1.807, 2.05) is 0 Å². The van der Waals surface area contributed by atoms with Gasteiger partial charge in [0, 0.05) is 49.4 Å². The minimum atomic E-state index is 0.873. The van der Waals surface area contributed by atoms with Crippen LogP contribution in [0.15, 0.2) is 174 Å². The highest BCUT2D eigenvalue weighted by Crippen LogP contribution is 2.45. The molecule has 8 aromatic carbocycles. The van der Waals surface area contributed by atoms with Crippen molar-refractivity contribution in [2.45, 2.75) is 0 Å². The van der Waals surface area contributed by atoms with E-state index >= 15 is 0 Å². The van der Waals surface area contributed by atoms with Gasteiger partial charge >= 0.3 is 0 Å². The predicted octanol–water partition coefficient (Wildman–Crippen LogP) is 12.5. The van der Waals surface area contributed by atoms with Gasteiger partial charge in [0.2, 0.25) is 0 Å². The zero-order valence-corrected chi connectivity index (χ0v) is 25.5. The first-order chi connectivity index (χ1) is 23.3. The third-order valence-electron chi connectivity index (χ3n) is 9.53. The molecule has 0 spiro atoms. The van der Waals surface area contributed by atoms with Crippen molar-refractivity contribution < 1.29 is 4.42 Å². The average molecular weight is 601 g/mol. The first kappa shape index (κ1) is 26.0. The summed E-state index contributed by atoms with van der Waals surface area (Å²) in [7, 11) is 0. The minimum Gasteiger partial charge on any atom is -0.453 e. The fourth-order valence-corrected chi connectivity index (χ4v) is 7.44. The number of aromatic nitrogens is 1. The summed E-state index contributed by atoms with van der Waals surface area (Å²) in [6.45, 7) is 0. The predicted molar refractivity (Wildman–Crippen MR) is 198 cm³/mol. The molecule has 10 rings (SSSR count). The summed E-state index contributed by atoms with van der Waals surface area (Å²) >= 11 is 0. The molecule has 0 unspecified atom stereocenters. The van der Waals surface area contributed by atoms with Crippen LogP contribution in [0.25, 0.3) is 71.0 Å². The number of nitrogens with zero attached hydrogens (tertiary/aromatic N) is 2. The Hall–Kier alpha value is -6.32. The zero-order valence-electron chi connectivity index (χ0n) is 25.5. The maximum Gasteiger partial charge on any atom is 0.159 e. The zero-order chi connectivity index (χ0) is 30.9. The molecular formula is C44H28N2O. The second kappa shape index (κ2) is 10.1. The number of furan rings is 1. The quantitative estimate of drug-likeness (QED) is 0.200. The van der Waals surface area contributed by atoms with Crippen LogP contribution in [-0.4, -0.2) is 4.57 Å². The van der Waals surface area contributed by atoms with Crippen molar-refractivity contribution in [1.82, 2.24) is 4.57 Å². The third-order valence-corrected chi connectivity index (χ3v) is 9.53. The standard InChI is InChI=1S/C44H28N2O/c1-3-14-31(15-4-1)45(40-21-11-20-38-39-26-23-30-13-8-10-19-35(30)43(39)47-44(38)40)33-24-27-36-37-25-22-29-12-7-9-18-34(29)42(37)46(41(36)28-33)32-16-5-2-6-17-32/h1-28H. The number of hydrogen-bond donors (Lipinski definition) is 0. The van der Waals surface area contributed by atoms with E-state index in [0.29, 0.717) is 0 Å². The van der Waals surface area contributed by atoms with Crippen LogP contribution in [0, 0.1) is 0 Å². The van der Waals surface area contributed by atoms with E-state index in [2.05, 4.69) is 179 Å². The van der Waals surface area contributed by atoms with Gasteiger partial charge in [0.05, 0.1) is 16.7 Å². The van der Waals surface area contributed by atoms with E-state index < -0.39 is 0 Å². The summed E-state index contributed by atoms with van der Waals surface area (Å²) in [5.74, 6) is 0. The van der Waals surface area contributed by atoms with Crippen LogP contribution in [0.4, 0.5) is 17.1 Å². The highest BCUT2D eigenvalue weighted by molar-refractivity contribution is 6.20. The van der Waals surface area contributed by atoms with Gasteiger partial charge in [0.15, 0.2) is 5.58 Å². The second-order valence-corrected chi connectivity index (χ2v) is 12.1. The highest BCUT2D eigenvalue weighted by Gasteiger charge is 2.22. The van der Waals surface area contributed by atoms with Crippen LogP contribution in [0.5, 0.6) is 0 Å². The molecule has 0 amide bonds. The molecule has 2 aromatic heterocycles. The van der Waals surface area contributed by atoms with Gasteiger partial charge in [-0.2, -0.15) is 0 Å². The summed E-state index contributed by atoms with van der Waals surface area (Å²) in [5, 5.41) is 9.47. The average Bonchev–Trinajstić information content (AvgIpc) is 3.69. The molecule has 0 saturated heterocycles. The Morgan fingerprint density at radius 3 is 1.83 bits per heavy atom. The number of fused-ring (bicyclic) bond motifs is 10. The molecule has 0 atom stereocenters. The van der Waals surface area contributed by atoms with E-state index in [4.69, 9.17) is 4.42 Å². The Bertz CT molecular complexity index is 2790. The Labute approximate surface area is 271 Å². The lowest BCUT2D eigenvalue weighted by molar-refractivity contribution is 0.673. The van der Waals surface area contributed by atoms with E-state index in [1.165, 1.54) is 32.4 Å². The second-order valence-electron chi connectivity index (χ2n) is 12.1. The van der Waals surface area contributed by atoms with Crippen molar-refractivity contribution in [1.29, 1.82) is 0 Å². The summed E-state index contributed by atoms with van der Waals surface area (Å²) in [5.41, 5.74) is 8.44. The van der Waals surface area contributed by atoms with Crippen LogP contribution < -0.4 is 4.90 Å². The molecule has 0 N–H and O–H groups in total. The maximum absolute atomic E-state index is 6.85. The Morgan fingerprint density at radius 2 is 1.02 bits per heavy atom. The third kappa shape index (κ3) is 3.87. The molecule has 0 aliphatic rings. The van der Waals surface area contributed by atoms with E-state index in [1.54, 1.807) is 0 Å². The molecule has 3 nitrogen and oxygen atoms in total. The number of rotatable bonds is 4. The molecule has 0 aliphatic carbocycles. The monoisotopic (exact) mass is 600 g/mol. The van der Waals surface area contributed by atoms with E-state index in [-0.39, 0.29) is 0 Å². The van der Waals surface area contributed by atoms with Crippen molar-refractivity contribution >= 4 is 82.4 Å². The van der Waals surface area contributed by atoms with Crippen molar-refractivity contribution in [2.24, 2.45) is 0 Å². The normalized spacial score (nSPS) is 11.8. The van der Waals surface area contributed by atoms with Crippen molar-refractivity contribution in [2.75, 3.05) is 4.90 Å². The van der Waals surface area contributed by atoms with Gasteiger partial charge in [0.1, 0.15) is 5.58 Å². The molecule has 0 radical (unpaired) electrons. The van der Waals surface area contributed by atoms with Crippen LogP contribution in [0.1, 0.15) is 0 Å². The van der Waals surface area contributed by atoms with Crippen molar-refractivity contribution in [3.63, 3.8) is 0 Å². The lowest BCUT2D eigenvalue weighted by atomic mass is 10.0. The number of para-hydroxylation sites is 3. The molecule has 10 aromatic rings. The maximum atomic E-state index is 6.85. The molecule has 220 valence electrons.